The second-order valence-electron chi connectivity index (χ2n) is 7.81. The van der Waals surface area contributed by atoms with E-state index in [0.717, 1.165) is 29.5 Å². The molecule has 5 rings (SSSR count). The Bertz CT molecular complexity index is 1230. The Kier molecular flexibility index (Phi) is 4.82. The van der Waals surface area contributed by atoms with Gasteiger partial charge in [-0.3, -0.25) is 4.79 Å². The summed E-state index contributed by atoms with van der Waals surface area (Å²) in [7, 11) is 0. The van der Waals surface area contributed by atoms with E-state index in [4.69, 9.17) is 4.42 Å². The van der Waals surface area contributed by atoms with Crippen LogP contribution in [0.1, 0.15) is 46.3 Å². The number of rotatable bonds is 4. The van der Waals surface area contributed by atoms with Crippen LogP contribution in [-0.2, 0) is 0 Å². The van der Waals surface area contributed by atoms with E-state index in [1.54, 1.807) is 12.4 Å². The van der Waals surface area contributed by atoms with Gasteiger partial charge in [0.05, 0.1) is 23.6 Å². The van der Waals surface area contributed by atoms with E-state index < -0.39 is 0 Å². The fourth-order valence-electron chi connectivity index (χ4n) is 4.02. The highest BCUT2D eigenvalue weighted by Gasteiger charge is 2.35. The van der Waals surface area contributed by atoms with Crippen molar-refractivity contribution in [3.05, 3.63) is 77.4 Å². The molecule has 8 heteroatoms. The molecule has 1 saturated heterocycles. The maximum absolute atomic E-state index is 13.6. The molecule has 0 saturated carbocycles. The summed E-state index contributed by atoms with van der Waals surface area (Å²) in [5, 5.41) is 16.9. The monoisotopic (exact) mass is 414 g/mol. The molecule has 1 aliphatic rings. The second-order valence-corrected chi connectivity index (χ2v) is 7.81. The summed E-state index contributed by atoms with van der Waals surface area (Å²) in [4.78, 5) is 16.9. The molecule has 0 N–H and O–H groups in total. The van der Waals surface area contributed by atoms with Gasteiger partial charge in [0.2, 0.25) is 11.8 Å². The molecule has 1 amide bonds. The van der Waals surface area contributed by atoms with Crippen LogP contribution in [0, 0.1) is 13.8 Å². The first-order valence-electron chi connectivity index (χ1n) is 10.3. The average Bonchev–Trinajstić information content (AvgIpc) is 3.54. The van der Waals surface area contributed by atoms with Crippen molar-refractivity contribution in [3.63, 3.8) is 0 Å². The molecule has 0 aliphatic carbocycles. The van der Waals surface area contributed by atoms with Gasteiger partial charge in [0.25, 0.3) is 5.91 Å². The van der Waals surface area contributed by atoms with Crippen LogP contribution in [0.2, 0.25) is 0 Å². The molecule has 0 bridgehead atoms. The van der Waals surface area contributed by atoms with Gasteiger partial charge in [-0.25, -0.2) is 0 Å². The lowest BCUT2D eigenvalue weighted by Crippen LogP contribution is -2.31. The molecule has 1 atom stereocenters. The molecule has 3 heterocycles. The van der Waals surface area contributed by atoms with Crippen LogP contribution >= 0.6 is 0 Å². The molecule has 1 fully saturated rings. The normalized spacial score (nSPS) is 16.1. The summed E-state index contributed by atoms with van der Waals surface area (Å²) < 4.78 is 6.01. The van der Waals surface area contributed by atoms with E-state index in [2.05, 4.69) is 20.4 Å². The fourth-order valence-corrected chi connectivity index (χ4v) is 4.02. The van der Waals surface area contributed by atoms with Crippen LogP contribution in [0.5, 0.6) is 0 Å². The molecule has 1 aliphatic heterocycles. The summed E-state index contributed by atoms with van der Waals surface area (Å²) in [6, 6.07) is 13.4. The van der Waals surface area contributed by atoms with Crippen molar-refractivity contribution >= 4 is 5.91 Å². The van der Waals surface area contributed by atoms with Crippen LogP contribution in [0.15, 0.2) is 59.3 Å². The quantitative estimate of drug-likeness (QED) is 0.503. The molecular weight excluding hydrogens is 392 g/mol. The van der Waals surface area contributed by atoms with Crippen LogP contribution in [0.4, 0.5) is 0 Å². The molecule has 0 spiro atoms. The largest absolute Gasteiger partial charge is 0.418 e. The SMILES string of the molecule is Cc1cccc(-c2nnc(C3CCCN3C(=O)c3cc(C)ccc3-n3nccn3)o2)c1. The molecule has 1 unspecified atom stereocenters. The minimum Gasteiger partial charge on any atom is -0.418 e. The molecule has 31 heavy (non-hydrogen) atoms. The molecule has 4 aromatic rings. The van der Waals surface area contributed by atoms with Crippen molar-refractivity contribution in [2.24, 2.45) is 0 Å². The van der Waals surface area contributed by atoms with Gasteiger partial charge in [-0.15, -0.1) is 10.2 Å². The first kappa shape index (κ1) is 19.2. The molecule has 2 aromatic heterocycles. The average molecular weight is 414 g/mol. The fraction of sp³-hybridized carbons (Fsp3) is 0.261. The van der Waals surface area contributed by atoms with E-state index in [0.29, 0.717) is 29.6 Å². The summed E-state index contributed by atoms with van der Waals surface area (Å²) in [5.74, 6) is 0.845. The van der Waals surface area contributed by atoms with Gasteiger partial charge < -0.3 is 9.32 Å². The third-order valence-corrected chi connectivity index (χ3v) is 5.52. The Balaban J connectivity index is 1.47. The summed E-state index contributed by atoms with van der Waals surface area (Å²) >= 11 is 0. The zero-order valence-electron chi connectivity index (χ0n) is 17.4. The zero-order valence-corrected chi connectivity index (χ0v) is 17.4. The highest BCUT2D eigenvalue weighted by Crippen LogP contribution is 2.34. The number of likely N-dealkylation sites (tertiary alicyclic amines) is 1. The number of aromatic nitrogens is 5. The van der Waals surface area contributed by atoms with Crippen molar-refractivity contribution in [2.75, 3.05) is 6.54 Å². The molecule has 8 nitrogen and oxygen atoms in total. The lowest BCUT2D eigenvalue weighted by Gasteiger charge is -2.23. The zero-order chi connectivity index (χ0) is 21.4. The minimum absolute atomic E-state index is 0.0891. The first-order valence-corrected chi connectivity index (χ1v) is 10.3. The van der Waals surface area contributed by atoms with Gasteiger partial charge in [-0.2, -0.15) is 15.0 Å². The van der Waals surface area contributed by atoms with Gasteiger partial charge in [0.15, 0.2) is 0 Å². The Morgan fingerprint density at radius 3 is 2.65 bits per heavy atom. The van der Waals surface area contributed by atoms with Gasteiger partial charge in [-0.1, -0.05) is 29.3 Å². The number of nitrogens with zero attached hydrogens (tertiary/aromatic N) is 6. The number of amides is 1. The van der Waals surface area contributed by atoms with Crippen LogP contribution in [0.3, 0.4) is 0 Å². The topological polar surface area (TPSA) is 89.9 Å². The maximum atomic E-state index is 13.6. The number of carbonyl (C=O) groups excluding carboxylic acids is 1. The Morgan fingerprint density at radius 1 is 1.03 bits per heavy atom. The lowest BCUT2D eigenvalue weighted by molar-refractivity contribution is 0.0715. The molecular formula is C23H22N6O2. The highest BCUT2D eigenvalue weighted by atomic mass is 16.4. The van der Waals surface area contributed by atoms with E-state index >= 15 is 0 Å². The van der Waals surface area contributed by atoms with Crippen LogP contribution < -0.4 is 0 Å². The molecule has 2 aromatic carbocycles. The molecule has 156 valence electrons. The van der Waals surface area contributed by atoms with Crippen molar-refractivity contribution in [2.45, 2.75) is 32.7 Å². The lowest BCUT2D eigenvalue weighted by atomic mass is 10.1. The van der Waals surface area contributed by atoms with Crippen molar-refractivity contribution in [1.29, 1.82) is 0 Å². The van der Waals surface area contributed by atoms with Gasteiger partial charge in [0.1, 0.15) is 6.04 Å². The van der Waals surface area contributed by atoms with E-state index in [9.17, 15) is 4.79 Å². The number of hydrogen-bond acceptors (Lipinski definition) is 6. The summed E-state index contributed by atoms with van der Waals surface area (Å²) in [6.07, 6.45) is 4.85. The van der Waals surface area contributed by atoms with Crippen molar-refractivity contribution < 1.29 is 9.21 Å². The van der Waals surface area contributed by atoms with E-state index in [1.165, 1.54) is 4.80 Å². The van der Waals surface area contributed by atoms with Crippen molar-refractivity contribution in [3.8, 4) is 17.1 Å². The third-order valence-electron chi connectivity index (χ3n) is 5.52. The van der Waals surface area contributed by atoms with E-state index in [1.807, 2.05) is 61.2 Å². The van der Waals surface area contributed by atoms with Gasteiger partial charge in [0, 0.05) is 12.1 Å². The van der Waals surface area contributed by atoms with E-state index in [-0.39, 0.29) is 11.9 Å². The Hall–Kier alpha value is -3.81. The van der Waals surface area contributed by atoms with Crippen molar-refractivity contribution in [1.82, 2.24) is 30.1 Å². The van der Waals surface area contributed by atoms with Crippen LogP contribution in [0.25, 0.3) is 17.1 Å². The molecule has 0 radical (unpaired) electrons. The summed E-state index contributed by atoms with van der Waals surface area (Å²) in [5.41, 5.74) is 4.20. The number of carbonyl (C=O) groups is 1. The Morgan fingerprint density at radius 2 is 1.84 bits per heavy atom. The predicted octanol–water partition coefficient (Wildman–Crippen LogP) is 3.91. The second kappa shape index (κ2) is 7.79. The smallest absolute Gasteiger partial charge is 0.256 e. The highest BCUT2D eigenvalue weighted by molar-refractivity contribution is 5.98. The number of hydrogen-bond donors (Lipinski definition) is 0. The van der Waals surface area contributed by atoms with Gasteiger partial charge in [-0.05, 0) is 51.0 Å². The third kappa shape index (κ3) is 3.61. The number of aryl methyl sites for hydroxylation is 2. The van der Waals surface area contributed by atoms with Crippen LogP contribution in [-0.4, -0.2) is 42.5 Å². The Labute approximate surface area is 179 Å². The van der Waals surface area contributed by atoms with Gasteiger partial charge >= 0.3 is 0 Å². The standard InChI is InChI=1S/C23H22N6O2/c1-15-5-3-6-17(13-15)21-26-27-22(31-21)20-7-4-12-28(20)23(30)18-14-16(2)8-9-19(18)29-24-10-11-25-29/h3,5-6,8-11,13-14,20H,4,7,12H2,1-2H3. The minimum atomic E-state index is -0.252. The number of benzene rings is 2. The predicted molar refractivity (Wildman–Crippen MR) is 114 cm³/mol. The maximum Gasteiger partial charge on any atom is 0.256 e. The summed E-state index contributed by atoms with van der Waals surface area (Å²) in [6.45, 7) is 4.61. The first-order chi connectivity index (χ1) is 15.1.